The molecule has 1 amide bonds. The molecule has 0 saturated carbocycles. The highest BCUT2D eigenvalue weighted by molar-refractivity contribution is 6.33. The molecule has 18 nitrogen and oxygen atoms in total. The van der Waals surface area contributed by atoms with Crippen molar-refractivity contribution in [2.75, 3.05) is 34.9 Å². The predicted octanol–water partition coefficient (Wildman–Crippen LogP) is 4.62. The lowest BCUT2D eigenvalue weighted by Gasteiger charge is -2.47. The van der Waals surface area contributed by atoms with Crippen LogP contribution in [-0.4, -0.2) is 153 Å². The standard InChI is InChI=1S/C42H64ClFN8O10/c1-13-30-42(8)33(52(39(56)62-42)45-19-16-20-51-47-36(46-49-51)27-17-14-15-18-28(27)43)25(4)31(48-58-12)23(2)22-40(6,57-11)35(26(5)34(54)41(7,44)38(55)60-30)61-37-32(53)29(50(9)10)21-24(3)59-37/h14-15,17-18,23-26,29-30,32-33,35,37,45,53H,13,16,19-22H2,1-12H3/b48-31+/t23-,24-,25-,26?,29+,30-,32?,33-,35-,37+,40-,41+,42-/m1/s1. The van der Waals surface area contributed by atoms with Crippen LogP contribution in [-0.2, 0) is 44.7 Å². The number of halogens is 2. The molecule has 13 atom stereocenters. The summed E-state index contributed by atoms with van der Waals surface area (Å²) in [5.41, 5.74) is -1.87. The van der Waals surface area contributed by atoms with Crippen LogP contribution in [0.1, 0.15) is 81.1 Å². The van der Waals surface area contributed by atoms with E-state index in [1.807, 2.05) is 51.9 Å². The maximum atomic E-state index is 17.0. The summed E-state index contributed by atoms with van der Waals surface area (Å²) in [5, 5.41) is 30.6. The first-order valence-electron chi connectivity index (χ1n) is 21.2. The van der Waals surface area contributed by atoms with Gasteiger partial charge in [-0.3, -0.25) is 4.79 Å². The van der Waals surface area contributed by atoms with Gasteiger partial charge in [0.15, 0.2) is 17.7 Å². The fourth-order valence-electron chi connectivity index (χ4n) is 9.33. The van der Waals surface area contributed by atoms with Gasteiger partial charge in [-0.2, -0.15) is 4.80 Å². The molecule has 2 unspecified atom stereocenters. The molecule has 3 aliphatic heterocycles. The third-order valence-electron chi connectivity index (χ3n) is 12.7. The Morgan fingerprint density at radius 3 is 2.42 bits per heavy atom. The molecule has 3 saturated heterocycles. The number of aliphatic hydroxyl groups is 1. The van der Waals surface area contributed by atoms with Gasteiger partial charge in [0.25, 0.3) is 5.67 Å². The van der Waals surface area contributed by atoms with Crippen molar-refractivity contribution in [3.63, 3.8) is 0 Å². The molecule has 346 valence electrons. The first-order chi connectivity index (χ1) is 29.1. The van der Waals surface area contributed by atoms with Crippen molar-refractivity contribution in [1.82, 2.24) is 35.5 Å². The maximum absolute atomic E-state index is 17.0. The fraction of sp³-hybridized carbons (Fsp3) is 0.738. The van der Waals surface area contributed by atoms with Crippen molar-refractivity contribution in [3.8, 4) is 11.4 Å². The number of fused-ring (bicyclic) bond motifs is 1. The van der Waals surface area contributed by atoms with Gasteiger partial charge in [-0.15, -0.1) is 10.2 Å². The number of oxime groups is 1. The molecule has 5 rings (SSSR count). The second-order valence-electron chi connectivity index (χ2n) is 17.5. The minimum Gasteiger partial charge on any atom is -0.455 e. The molecule has 0 bridgehead atoms. The molecule has 4 heterocycles. The molecule has 62 heavy (non-hydrogen) atoms. The number of hydrazine groups is 1. The van der Waals surface area contributed by atoms with Crippen LogP contribution in [0.4, 0.5) is 9.18 Å². The Bertz CT molecular complexity index is 1920. The van der Waals surface area contributed by atoms with E-state index >= 15 is 4.39 Å². The van der Waals surface area contributed by atoms with Crippen molar-refractivity contribution >= 4 is 35.2 Å². The Kier molecular flexibility index (Phi) is 15.8. The van der Waals surface area contributed by atoms with E-state index in [1.165, 1.54) is 30.9 Å². The van der Waals surface area contributed by atoms with Crippen molar-refractivity contribution < 1.29 is 52.4 Å². The average molecular weight is 895 g/mol. The van der Waals surface area contributed by atoms with Gasteiger partial charge >= 0.3 is 12.1 Å². The Morgan fingerprint density at radius 2 is 1.79 bits per heavy atom. The third-order valence-corrected chi connectivity index (χ3v) is 13.0. The number of rotatable bonds is 12. The molecule has 0 radical (unpaired) electrons. The zero-order valence-corrected chi connectivity index (χ0v) is 38.6. The number of methoxy groups -OCH3 is 1. The SMILES string of the molecule is CC[C@H]1OC(=O)[C@@](C)(F)C(=O)C(C)[C@@H](O[C@@H]2O[C@H](C)C[C@H](N(C)C)C2O)[C@](C)(OC)C[C@@H](C)/C(=N\OC)[C@@H](C)[C@H]2N(NCCCn3nnc(-c4ccccc4Cl)n3)C(=O)O[C@]12C. The number of aliphatic hydroxyl groups excluding tert-OH is 1. The number of carbonyl (C=O) groups is 3. The average Bonchev–Trinajstić information content (AvgIpc) is 3.80. The number of amides is 1. The molecule has 3 aliphatic rings. The van der Waals surface area contributed by atoms with Crippen molar-refractivity contribution in [2.45, 2.75) is 147 Å². The number of hydrogen-bond donors (Lipinski definition) is 2. The minimum absolute atomic E-state index is 0.0834. The number of esters is 1. The second kappa shape index (κ2) is 19.9. The number of aromatic nitrogens is 4. The zero-order valence-electron chi connectivity index (χ0n) is 37.8. The predicted molar refractivity (Wildman–Crippen MR) is 225 cm³/mol. The summed E-state index contributed by atoms with van der Waals surface area (Å²) < 4.78 is 47.9. The molecule has 2 N–H and O–H groups in total. The summed E-state index contributed by atoms with van der Waals surface area (Å²) in [6.45, 7) is 13.5. The van der Waals surface area contributed by atoms with Gasteiger partial charge in [0.05, 0.1) is 35.1 Å². The smallest absolute Gasteiger partial charge is 0.425 e. The van der Waals surface area contributed by atoms with Crippen LogP contribution in [0.2, 0.25) is 5.02 Å². The van der Waals surface area contributed by atoms with Crippen molar-refractivity contribution in [3.05, 3.63) is 29.3 Å². The van der Waals surface area contributed by atoms with E-state index in [-0.39, 0.29) is 31.5 Å². The number of nitrogens with zero attached hydrogens (tertiary/aromatic N) is 7. The molecule has 3 fully saturated rings. The van der Waals surface area contributed by atoms with Crippen LogP contribution < -0.4 is 5.43 Å². The van der Waals surface area contributed by atoms with Crippen LogP contribution in [0.3, 0.4) is 0 Å². The lowest BCUT2D eigenvalue weighted by atomic mass is 9.73. The van der Waals surface area contributed by atoms with E-state index in [9.17, 15) is 19.5 Å². The Balaban J connectivity index is 1.50. The van der Waals surface area contributed by atoms with Gasteiger partial charge in [0.1, 0.15) is 25.4 Å². The number of carbonyl (C=O) groups excluding carboxylic acids is 3. The van der Waals surface area contributed by atoms with Gasteiger partial charge in [0, 0.05) is 43.0 Å². The summed E-state index contributed by atoms with van der Waals surface area (Å²) in [4.78, 5) is 51.1. The minimum atomic E-state index is -3.19. The van der Waals surface area contributed by atoms with E-state index in [2.05, 4.69) is 26.0 Å². The molecular formula is C42H64ClFN8O10. The summed E-state index contributed by atoms with van der Waals surface area (Å²) in [5.74, 6) is -4.74. The Hall–Kier alpha value is -3.85. The van der Waals surface area contributed by atoms with E-state index in [1.54, 1.807) is 32.9 Å². The maximum Gasteiger partial charge on any atom is 0.425 e. The topological polar surface area (TPSA) is 201 Å². The van der Waals surface area contributed by atoms with E-state index in [0.717, 1.165) is 6.92 Å². The normalized spacial score (nSPS) is 36.9. The molecule has 2 aromatic rings. The number of ether oxygens (including phenoxy) is 5. The fourth-order valence-corrected chi connectivity index (χ4v) is 9.55. The number of aryl methyl sites for hydroxylation is 1. The van der Waals surface area contributed by atoms with Gasteiger partial charge in [0.2, 0.25) is 5.82 Å². The first-order valence-corrected chi connectivity index (χ1v) is 21.6. The molecule has 20 heteroatoms. The van der Waals surface area contributed by atoms with Crippen LogP contribution in [0.15, 0.2) is 29.4 Å². The molecule has 0 spiro atoms. The van der Waals surface area contributed by atoms with Gasteiger partial charge in [-0.25, -0.2) is 24.4 Å². The number of hydrogen-bond acceptors (Lipinski definition) is 16. The highest BCUT2D eigenvalue weighted by Crippen LogP contribution is 2.43. The number of Topliss-reactive ketones (excluding diaryl/α,β-unsaturated/α-hetero) is 1. The van der Waals surface area contributed by atoms with E-state index in [0.29, 0.717) is 41.5 Å². The highest BCUT2D eigenvalue weighted by atomic mass is 35.5. The summed E-state index contributed by atoms with van der Waals surface area (Å²) in [7, 11) is 6.51. The quantitative estimate of drug-likeness (QED) is 0.129. The second-order valence-corrected chi connectivity index (χ2v) is 17.9. The van der Waals surface area contributed by atoms with Gasteiger partial charge < -0.3 is 38.5 Å². The Morgan fingerprint density at radius 1 is 1.10 bits per heavy atom. The highest BCUT2D eigenvalue weighted by Gasteiger charge is 2.62. The van der Waals surface area contributed by atoms with E-state index < -0.39 is 83.1 Å². The number of alkyl halides is 1. The molecular weight excluding hydrogens is 831 g/mol. The number of cyclic esters (lactones) is 1. The number of benzene rings is 1. The van der Waals surface area contributed by atoms with Crippen LogP contribution in [0.25, 0.3) is 11.4 Å². The molecule has 1 aromatic heterocycles. The van der Waals surface area contributed by atoms with Crippen molar-refractivity contribution in [1.29, 1.82) is 0 Å². The summed E-state index contributed by atoms with van der Waals surface area (Å²) in [6.07, 6.45) is -4.86. The summed E-state index contributed by atoms with van der Waals surface area (Å²) >= 11 is 6.33. The lowest BCUT2D eigenvalue weighted by molar-refractivity contribution is -0.295. The molecule has 1 aromatic carbocycles. The third kappa shape index (κ3) is 9.93. The first kappa shape index (κ1) is 49.2. The van der Waals surface area contributed by atoms with Gasteiger partial charge in [-0.1, -0.05) is 56.6 Å². The number of nitrogens with one attached hydrogen (secondary N) is 1. The monoisotopic (exact) mass is 894 g/mol. The number of likely N-dealkylation sites (N-methyl/N-ethyl adjacent to an activating group) is 1. The zero-order chi connectivity index (χ0) is 45.9. The van der Waals surface area contributed by atoms with E-state index in [4.69, 9.17) is 40.1 Å². The number of ketones is 1. The number of tetrazole rings is 1. The van der Waals surface area contributed by atoms with Crippen LogP contribution >= 0.6 is 11.6 Å². The van der Waals surface area contributed by atoms with Crippen LogP contribution in [0.5, 0.6) is 0 Å². The van der Waals surface area contributed by atoms with Crippen LogP contribution in [0, 0.1) is 17.8 Å². The van der Waals surface area contributed by atoms with Crippen molar-refractivity contribution in [2.24, 2.45) is 22.9 Å². The molecule has 0 aliphatic carbocycles. The largest absolute Gasteiger partial charge is 0.455 e. The lowest BCUT2D eigenvalue weighted by Crippen LogP contribution is -2.62. The summed E-state index contributed by atoms with van der Waals surface area (Å²) in [6, 6.07) is 5.88. The Labute approximate surface area is 368 Å². The van der Waals surface area contributed by atoms with Gasteiger partial charge in [-0.05, 0) is 84.8 Å².